The topological polar surface area (TPSA) is 55.9 Å². The van der Waals surface area contributed by atoms with Crippen LogP contribution in [0, 0.1) is 0 Å². The molecule has 1 aliphatic rings. The van der Waals surface area contributed by atoms with E-state index in [1.165, 1.54) is 12.8 Å². The number of aromatic nitrogens is 2. The van der Waals surface area contributed by atoms with E-state index in [2.05, 4.69) is 16.0 Å². The van der Waals surface area contributed by atoms with Gasteiger partial charge in [0.25, 0.3) is 0 Å². The monoisotopic (exact) mass is 388 g/mol. The Hall–Kier alpha value is -1.75. The van der Waals surface area contributed by atoms with Crippen molar-refractivity contribution < 1.29 is 0 Å². The van der Waals surface area contributed by atoms with E-state index in [4.69, 9.17) is 33.9 Å². The number of nitrogens with two attached hydrogens (primary N) is 1. The van der Waals surface area contributed by atoms with Gasteiger partial charge in [-0.05, 0) is 37.1 Å². The lowest BCUT2D eigenvalue weighted by molar-refractivity contribution is 0.401. The van der Waals surface area contributed by atoms with Crippen LogP contribution in [0.1, 0.15) is 31.2 Å². The Balaban J connectivity index is 1.74. The van der Waals surface area contributed by atoms with Gasteiger partial charge in [0.05, 0.1) is 17.6 Å². The van der Waals surface area contributed by atoms with Gasteiger partial charge >= 0.3 is 0 Å². The molecule has 136 valence electrons. The number of halogens is 2. The first-order valence-corrected chi connectivity index (χ1v) is 9.79. The van der Waals surface area contributed by atoms with Crippen LogP contribution in [0.15, 0.2) is 42.5 Å². The summed E-state index contributed by atoms with van der Waals surface area (Å²) >= 11 is 12.8. The molecule has 0 amide bonds. The average Bonchev–Trinajstić information content (AvgIpc) is 2.97. The molecule has 4 nitrogen and oxygen atoms in total. The molecule has 3 aromatic rings. The fourth-order valence-electron chi connectivity index (χ4n) is 3.69. The molecule has 1 aromatic heterocycles. The molecule has 3 N–H and O–H groups in total. The van der Waals surface area contributed by atoms with E-state index in [1.807, 2.05) is 36.4 Å². The molecule has 4 rings (SSSR count). The molecular weight excluding hydrogens is 367 g/mol. The molecule has 2 unspecified atom stereocenters. The van der Waals surface area contributed by atoms with Crippen LogP contribution in [0.25, 0.3) is 11.0 Å². The first-order valence-electron chi connectivity index (χ1n) is 9.04. The predicted octanol–water partition coefficient (Wildman–Crippen LogP) is 5.07. The second-order valence-corrected chi connectivity index (χ2v) is 7.72. The third kappa shape index (κ3) is 3.41. The van der Waals surface area contributed by atoms with E-state index in [1.54, 1.807) is 0 Å². The average molecular weight is 389 g/mol. The number of fused-ring (bicyclic) bond motifs is 1. The maximum atomic E-state index is 6.41. The minimum atomic E-state index is 0.154. The van der Waals surface area contributed by atoms with E-state index >= 15 is 0 Å². The van der Waals surface area contributed by atoms with Gasteiger partial charge in [0.2, 0.25) is 5.95 Å². The Morgan fingerprint density at radius 3 is 2.54 bits per heavy atom. The molecule has 6 heteroatoms. The van der Waals surface area contributed by atoms with Gasteiger partial charge in [-0.2, -0.15) is 0 Å². The number of hydrogen-bond donors (Lipinski definition) is 2. The molecule has 1 heterocycles. The van der Waals surface area contributed by atoms with E-state index in [0.29, 0.717) is 16.6 Å². The number of hydrogen-bond acceptors (Lipinski definition) is 3. The number of benzene rings is 2. The molecule has 26 heavy (non-hydrogen) atoms. The molecule has 0 spiro atoms. The fraction of sp³-hybridized carbons (Fsp3) is 0.350. The molecule has 0 radical (unpaired) electrons. The number of rotatable bonds is 4. The standard InChI is InChI=1S/C20H22Cl2N4/c21-14-6-5-7-15(22)13(14)12-26-19-11-4-3-10-18(19)25-20(26)24-17-9-2-1-8-16(17)23/h3-7,10-11,16-17H,1-2,8-9,12,23H2,(H,24,25). The maximum absolute atomic E-state index is 6.41. The number of nitrogens with zero attached hydrogens (tertiary/aromatic N) is 2. The summed E-state index contributed by atoms with van der Waals surface area (Å²) < 4.78 is 2.14. The second kappa shape index (κ2) is 7.47. The van der Waals surface area contributed by atoms with Crippen LogP contribution in [0.4, 0.5) is 5.95 Å². The molecule has 0 saturated heterocycles. The summed E-state index contributed by atoms with van der Waals surface area (Å²) in [5, 5.41) is 4.91. The smallest absolute Gasteiger partial charge is 0.204 e. The van der Waals surface area contributed by atoms with Crippen LogP contribution in [0.3, 0.4) is 0 Å². The highest BCUT2D eigenvalue weighted by atomic mass is 35.5. The number of nitrogens with one attached hydrogen (secondary N) is 1. The van der Waals surface area contributed by atoms with E-state index in [-0.39, 0.29) is 12.1 Å². The van der Waals surface area contributed by atoms with Gasteiger partial charge < -0.3 is 15.6 Å². The van der Waals surface area contributed by atoms with Crippen molar-refractivity contribution in [2.45, 2.75) is 44.3 Å². The van der Waals surface area contributed by atoms with Crippen molar-refractivity contribution in [2.24, 2.45) is 5.73 Å². The van der Waals surface area contributed by atoms with Crippen molar-refractivity contribution in [3.8, 4) is 0 Å². The molecule has 0 aliphatic heterocycles. The van der Waals surface area contributed by atoms with E-state index < -0.39 is 0 Å². The third-order valence-electron chi connectivity index (χ3n) is 5.17. The number of anilines is 1. The zero-order valence-electron chi connectivity index (χ0n) is 14.5. The number of imidazole rings is 1. The Bertz CT molecular complexity index is 901. The van der Waals surface area contributed by atoms with Crippen molar-refractivity contribution in [2.75, 3.05) is 5.32 Å². The highest BCUT2D eigenvalue weighted by molar-refractivity contribution is 6.36. The first-order chi connectivity index (χ1) is 12.6. The predicted molar refractivity (Wildman–Crippen MR) is 109 cm³/mol. The summed E-state index contributed by atoms with van der Waals surface area (Å²) in [5.74, 6) is 0.824. The molecular formula is C20H22Cl2N4. The normalized spacial score (nSPS) is 20.4. The fourth-order valence-corrected chi connectivity index (χ4v) is 4.21. The largest absolute Gasteiger partial charge is 0.351 e. The first kappa shape index (κ1) is 17.7. The summed E-state index contributed by atoms with van der Waals surface area (Å²) in [6.07, 6.45) is 4.51. The maximum Gasteiger partial charge on any atom is 0.204 e. The van der Waals surface area contributed by atoms with Crippen molar-refractivity contribution in [1.29, 1.82) is 0 Å². The summed E-state index contributed by atoms with van der Waals surface area (Å²) in [4.78, 5) is 4.81. The minimum absolute atomic E-state index is 0.154. The Morgan fingerprint density at radius 1 is 1.04 bits per heavy atom. The molecule has 2 atom stereocenters. The van der Waals surface area contributed by atoms with Gasteiger partial charge in [-0.1, -0.05) is 54.2 Å². The molecule has 1 saturated carbocycles. The third-order valence-corrected chi connectivity index (χ3v) is 5.87. The minimum Gasteiger partial charge on any atom is -0.351 e. The Kier molecular flexibility index (Phi) is 5.07. The van der Waals surface area contributed by atoms with E-state index in [9.17, 15) is 0 Å². The van der Waals surface area contributed by atoms with Gasteiger partial charge in [0, 0.05) is 27.7 Å². The van der Waals surface area contributed by atoms with Crippen LogP contribution >= 0.6 is 23.2 Å². The Morgan fingerprint density at radius 2 is 1.77 bits per heavy atom. The summed E-state index contributed by atoms with van der Waals surface area (Å²) in [5.41, 5.74) is 9.23. The quantitative estimate of drug-likeness (QED) is 0.655. The molecule has 2 aromatic carbocycles. The lowest BCUT2D eigenvalue weighted by Crippen LogP contribution is -2.43. The van der Waals surface area contributed by atoms with E-state index in [0.717, 1.165) is 35.4 Å². The van der Waals surface area contributed by atoms with Crippen LogP contribution in [0.2, 0.25) is 10.0 Å². The van der Waals surface area contributed by atoms with Gasteiger partial charge in [-0.15, -0.1) is 0 Å². The van der Waals surface area contributed by atoms with Crippen molar-refractivity contribution in [1.82, 2.24) is 9.55 Å². The van der Waals surface area contributed by atoms with Crippen molar-refractivity contribution >= 4 is 40.2 Å². The van der Waals surface area contributed by atoms with Gasteiger partial charge in [-0.3, -0.25) is 0 Å². The van der Waals surface area contributed by atoms with Crippen LogP contribution < -0.4 is 11.1 Å². The van der Waals surface area contributed by atoms with Crippen LogP contribution in [0.5, 0.6) is 0 Å². The lowest BCUT2D eigenvalue weighted by atomic mass is 9.91. The molecule has 1 fully saturated rings. The summed E-state index contributed by atoms with van der Waals surface area (Å²) in [6, 6.07) is 14.1. The Labute approximate surface area is 163 Å². The summed E-state index contributed by atoms with van der Waals surface area (Å²) in [7, 11) is 0. The van der Waals surface area contributed by atoms with Gasteiger partial charge in [-0.25, -0.2) is 4.98 Å². The lowest BCUT2D eigenvalue weighted by Gasteiger charge is -2.30. The van der Waals surface area contributed by atoms with Gasteiger partial charge in [0.15, 0.2) is 0 Å². The van der Waals surface area contributed by atoms with Crippen molar-refractivity contribution in [3.05, 3.63) is 58.1 Å². The zero-order chi connectivity index (χ0) is 18.1. The molecule has 1 aliphatic carbocycles. The highest BCUT2D eigenvalue weighted by Gasteiger charge is 2.24. The number of para-hydroxylation sites is 2. The SMILES string of the molecule is NC1CCCCC1Nc1nc2ccccc2n1Cc1c(Cl)cccc1Cl. The van der Waals surface area contributed by atoms with Crippen LogP contribution in [-0.4, -0.2) is 21.6 Å². The van der Waals surface area contributed by atoms with Crippen molar-refractivity contribution in [3.63, 3.8) is 0 Å². The highest BCUT2D eigenvalue weighted by Crippen LogP contribution is 2.30. The van der Waals surface area contributed by atoms with Gasteiger partial charge in [0.1, 0.15) is 0 Å². The zero-order valence-corrected chi connectivity index (χ0v) is 16.0. The van der Waals surface area contributed by atoms with Crippen LogP contribution in [-0.2, 0) is 6.54 Å². The summed E-state index contributed by atoms with van der Waals surface area (Å²) in [6.45, 7) is 0.559. The second-order valence-electron chi connectivity index (χ2n) is 6.91. The molecule has 0 bridgehead atoms.